The van der Waals surface area contributed by atoms with Gasteiger partial charge in [0.05, 0.1) is 0 Å². The van der Waals surface area contributed by atoms with Gasteiger partial charge in [-0.05, 0) is 26.7 Å². The van der Waals surface area contributed by atoms with Crippen molar-refractivity contribution in [3.05, 3.63) is 0 Å². The van der Waals surface area contributed by atoms with Crippen LogP contribution in [0.2, 0.25) is 0 Å². The van der Waals surface area contributed by atoms with Gasteiger partial charge >= 0.3 is 5.97 Å². The van der Waals surface area contributed by atoms with E-state index in [1.54, 1.807) is 0 Å². The molecule has 1 unspecified atom stereocenters. The molecule has 0 aromatic carbocycles. The van der Waals surface area contributed by atoms with Crippen LogP contribution in [0.25, 0.3) is 0 Å². The fourth-order valence-corrected chi connectivity index (χ4v) is 1.23. The van der Waals surface area contributed by atoms with Crippen LogP contribution >= 0.6 is 0 Å². The van der Waals surface area contributed by atoms with E-state index in [2.05, 4.69) is 5.32 Å². The first-order chi connectivity index (χ1) is 6.43. The highest BCUT2D eigenvalue weighted by Crippen LogP contribution is 2.13. The standard InChI is InChI=1S/C9H15NO4/c1-9(2,8(12)13)10-7(11)6-4-3-5-14-6/h6H,3-5H2,1-2H3,(H,10,11)(H,12,13). The van der Waals surface area contributed by atoms with E-state index in [4.69, 9.17) is 9.84 Å². The average Bonchev–Trinajstić information content (AvgIpc) is 2.54. The summed E-state index contributed by atoms with van der Waals surface area (Å²) >= 11 is 0. The van der Waals surface area contributed by atoms with E-state index in [1.165, 1.54) is 13.8 Å². The molecule has 5 nitrogen and oxygen atoms in total. The number of carboxylic acid groups (broad SMARTS) is 1. The maximum Gasteiger partial charge on any atom is 0.328 e. The number of carbonyl (C=O) groups is 2. The molecule has 0 bridgehead atoms. The van der Waals surface area contributed by atoms with E-state index in [-0.39, 0.29) is 5.91 Å². The van der Waals surface area contributed by atoms with Crippen molar-refractivity contribution >= 4 is 11.9 Å². The summed E-state index contributed by atoms with van der Waals surface area (Å²) in [6.07, 6.45) is 1.04. The second kappa shape index (κ2) is 3.96. The molecule has 1 aliphatic rings. The van der Waals surface area contributed by atoms with E-state index in [0.29, 0.717) is 13.0 Å². The summed E-state index contributed by atoms with van der Waals surface area (Å²) < 4.78 is 5.14. The molecule has 1 heterocycles. The normalized spacial score (nSPS) is 22.0. The second-order valence-corrected chi connectivity index (χ2v) is 3.92. The van der Waals surface area contributed by atoms with Gasteiger partial charge in [0.15, 0.2) is 0 Å². The first-order valence-electron chi connectivity index (χ1n) is 4.60. The Morgan fingerprint density at radius 1 is 1.50 bits per heavy atom. The number of nitrogens with one attached hydrogen (secondary N) is 1. The largest absolute Gasteiger partial charge is 0.480 e. The van der Waals surface area contributed by atoms with Crippen LogP contribution in [0.3, 0.4) is 0 Å². The molecule has 0 radical (unpaired) electrons. The highest BCUT2D eigenvalue weighted by atomic mass is 16.5. The van der Waals surface area contributed by atoms with Gasteiger partial charge in [0.25, 0.3) is 0 Å². The lowest BCUT2D eigenvalue weighted by Gasteiger charge is -2.22. The fourth-order valence-electron chi connectivity index (χ4n) is 1.23. The molecule has 0 spiro atoms. The molecule has 14 heavy (non-hydrogen) atoms. The SMILES string of the molecule is CC(C)(NC(=O)C1CCCO1)C(=O)O. The Kier molecular flexibility index (Phi) is 3.10. The lowest BCUT2D eigenvalue weighted by Crippen LogP contribution is -2.52. The first-order valence-corrected chi connectivity index (χ1v) is 4.60. The van der Waals surface area contributed by atoms with Crippen LogP contribution < -0.4 is 5.32 Å². The van der Waals surface area contributed by atoms with Crippen molar-refractivity contribution in [3.63, 3.8) is 0 Å². The number of hydrogen-bond acceptors (Lipinski definition) is 3. The molecule has 1 atom stereocenters. The molecule has 1 aliphatic heterocycles. The average molecular weight is 201 g/mol. The van der Waals surface area contributed by atoms with Crippen LogP contribution in [0, 0.1) is 0 Å². The third-order valence-corrected chi connectivity index (χ3v) is 2.19. The van der Waals surface area contributed by atoms with Crippen LogP contribution in [-0.2, 0) is 14.3 Å². The molecule has 1 fully saturated rings. The van der Waals surface area contributed by atoms with E-state index in [9.17, 15) is 9.59 Å². The van der Waals surface area contributed by atoms with E-state index < -0.39 is 17.6 Å². The van der Waals surface area contributed by atoms with Gasteiger partial charge in [-0.25, -0.2) is 4.79 Å². The van der Waals surface area contributed by atoms with Gasteiger partial charge in [-0.15, -0.1) is 0 Å². The topological polar surface area (TPSA) is 75.6 Å². The zero-order valence-electron chi connectivity index (χ0n) is 8.37. The Labute approximate surface area is 82.4 Å². The number of hydrogen-bond donors (Lipinski definition) is 2. The van der Waals surface area contributed by atoms with Crippen molar-refractivity contribution < 1.29 is 19.4 Å². The zero-order chi connectivity index (χ0) is 10.8. The van der Waals surface area contributed by atoms with Crippen molar-refractivity contribution in [2.75, 3.05) is 6.61 Å². The molecule has 5 heteroatoms. The minimum absolute atomic E-state index is 0.338. The third kappa shape index (κ3) is 2.45. The Morgan fingerprint density at radius 2 is 2.14 bits per heavy atom. The predicted octanol–water partition coefficient (Wildman–Crippen LogP) is 0.145. The van der Waals surface area contributed by atoms with Crippen molar-refractivity contribution in [3.8, 4) is 0 Å². The molecule has 0 saturated carbocycles. The third-order valence-electron chi connectivity index (χ3n) is 2.19. The Hall–Kier alpha value is -1.10. The summed E-state index contributed by atoms with van der Waals surface area (Å²) in [7, 11) is 0. The van der Waals surface area contributed by atoms with Gasteiger partial charge in [-0.3, -0.25) is 4.79 Å². The zero-order valence-corrected chi connectivity index (χ0v) is 8.37. The molecule has 1 rings (SSSR count). The van der Waals surface area contributed by atoms with Gasteiger partial charge in [-0.1, -0.05) is 0 Å². The van der Waals surface area contributed by atoms with E-state index >= 15 is 0 Å². The smallest absolute Gasteiger partial charge is 0.328 e. The molecule has 80 valence electrons. The van der Waals surface area contributed by atoms with Gasteiger partial charge in [0.2, 0.25) is 5.91 Å². The molecule has 0 aromatic heterocycles. The van der Waals surface area contributed by atoms with Crippen molar-refractivity contribution in [2.45, 2.75) is 38.3 Å². The Bertz CT molecular complexity index is 243. The van der Waals surface area contributed by atoms with Crippen LogP contribution in [0.1, 0.15) is 26.7 Å². The van der Waals surface area contributed by atoms with Crippen molar-refractivity contribution in [2.24, 2.45) is 0 Å². The van der Waals surface area contributed by atoms with Crippen LogP contribution in [-0.4, -0.2) is 35.2 Å². The van der Waals surface area contributed by atoms with E-state index in [0.717, 1.165) is 6.42 Å². The number of ether oxygens (including phenoxy) is 1. The maximum atomic E-state index is 11.5. The van der Waals surface area contributed by atoms with Gasteiger partial charge < -0.3 is 15.2 Å². The molecular formula is C9H15NO4. The lowest BCUT2D eigenvalue weighted by atomic mass is 10.1. The van der Waals surface area contributed by atoms with Gasteiger partial charge in [0, 0.05) is 6.61 Å². The molecular weight excluding hydrogens is 186 g/mol. The Morgan fingerprint density at radius 3 is 2.57 bits per heavy atom. The number of amides is 1. The summed E-state index contributed by atoms with van der Waals surface area (Å²) in [6, 6.07) is 0. The number of rotatable bonds is 3. The highest BCUT2D eigenvalue weighted by Gasteiger charge is 2.33. The van der Waals surface area contributed by atoms with Gasteiger partial charge in [0.1, 0.15) is 11.6 Å². The second-order valence-electron chi connectivity index (χ2n) is 3.92. The number of aliphatic carboxylic acids is 1. The van der Waals surface area contributed by atoms with Crippen LogP contribution in [0.5, 0.6) is 0 Å². The highest BCUT2D eigenvalue weighted by molar-refractivity contribution is 5.88. The minimum atomic E-state index is -1.23. The summed E-state index contributed by atoms with van der Waals surface area (Å²) in [5.41, 5.74) is -1.23. The van der Waals surface area contributed by atoms with Crippen molar-refractivity contribution in [1.82, 2.24) is 5.32 Å². The fraction of sp³-hybridized carbons (Fsp3) is 0.778. The minimum Gasteiger partial charge on any atom is -0.480 e. The van der Waals surface area contributed by atoms with Gasteiger partial charge in [-0.2, -0.15) is 0 Å². The molecule has 1 amide bonds. The predicted molar refractivity (Wildman–Crippen MR) is 48.8 cm³/mol. The van der Waals surface area contributed by atoms with Crippen LogP contribution in [0.4, 0.5) is 0 Å². The monoisotopic (exact) mass is 201 g/mol. The summed E-state index contributed by atoms with van der Waals surface area (Å²) in [5.74, 6) is -1.39. The van der Waals surface area contributed by atoms with E-state index in [1.807, 2.05) is 0 Å². The van der Waals surface area contributed by atoms with Crippen molar-refractivity contribution in [1.29, 1.82) is 0 Å². The maximum absolute atomic E-state index is 11.5. The molecule has 1 saturated heterocycles. The first kappa shape index (κ1) is 11.0. The molecule has 2 N–H and O–H groups in total. The van der Waals surface area contributed by atoms with Crippen LogP contribution in [0.15, 0.2) is 0 Å². The summed E-state index contributed by atoms with van der Waals surface area (Å²) in [6.45, 7) is 3.47. The molecule has 0 aromatic rings. The summed E-state index contributed by atoms with van der Waals surface area (Å²) in [5, 5.41) is 11.2. The summed E-state index contributed by atoms with van der Waals surface area (Å²) in [4.78, 5) is 22.2. The number of carbonyl (C=O) groups excluding carboxylic acids is 1. The Balaban J connectivity index is 2.51. The quantitative estimate of drug-likeness (QED) is 0.681. The lowest BCUT2D eigenvalue weighted by molar-refractivity contribution is -0.147. The number of carboxylic acids is 1. The molecule has 0 aliphatic carbocycles.